The average molecular weight is 558 g/mol. The van der Waals surface area contributed by atoms with Crippen LogP contribution in [0, 0.1) is 0 Å². The van der Waals surface area contributed by atoms with Crippen LogP contribution in [0.15, 0.2) is 48.5 Å². The number of hydrogen-bond donors (Lipinski definition) is 0. The summed E-state index contributed by atoms with van der Waals surface area (Å²) >= 11 is 0. The molecule has 0 aromatic heterocycles. The zero-order chi connectivity index (χ0) is 28.7. The topological polar surface area (TPSA) is 141 Å². The summed E-state index contributed by atoms with van der Waals surface area (Å²) in [4.78, 5) is 56.0. The van der Waals surface area contributed by atoms with Crippen LogP contribution >= 0.6 is 0 Å². The van der Waals surface area contributed by atoms with Gasteiger partial charge in [0, 0.05) is 35.7 Å². The van der Waals surface area contributed by atoms with Gasteiger partial charge in [-0.05, 0) is 42.2 Å². The molecule has 11 heteroatoms. The summed E-state index contributed by atoms with van der Waals surface area (Å²) < 4.78 is 31.5. The average Bonchev–Trinajstić information content (AvgIpc) is 3.24. The molecule has 3 aromatic carbocycles. The molecular weight excluding hydrogens is 536 g/mol. The fourth-order valence-corrected chi connectivity index (χ4v) is 5.36. The Bertz CT molecular complexity index is 1560. The Morgan fingerprint density at radius 2 is 1.39 bits per heavy atom. The Balaban J connectivity index is 0.000000334. The lowest BCUT2D eigenvalue weighted by atomic mass is 9.76. The third-order valence-electron chi connectivity index (χ3n) is 7.12. The van der Waals surface area contributed by atoms with Gasteiger partial charge in [-0.1, -0.05) is 18.2 Å². The van der Waals surface area contributed by atoms with Gasteiger partial charge in [0.25, 0.3) is 6.47 Å². The first-order valence-electron chi connectivity index (χ1n) is 12.8. The van der Waals surface area contributed by atoms with Gasteiger partial charge in [0.2, 0.25) is 6.79 Å². The van der Waals surface area contributed by atoms with Crippen molar-refractivity contribution in [2.75, 3.05) is 6.79 Å². The van der Waals surface area contributed by atoms with E-state index in [0.717, 1.165) is 16.7 Å². The quantitative estimate of drug-likeness (QED) is 0.153. The van der Waals surface area contributed by atoms with E-state index in [-0.39, 0.29) is 38.0 Å². The number of aryl methyl sites for hydroxylation is 2. The van der Waals surface area contributed by atoms with E-state index in [4.69, 9.17) is 18.9 Å². The number of ether oxygens (including phenoxy) is 6. The van der Waals surface area contributed by atoms with E-state index < -0.39 is 17.5 Å². The first-order chi connectivity index (χ1) is 19.8. The van der Waals surface area contributed by atoms with Crippen LogP contribution in [0.1, 0.15) is 57.9 Å². The molecule has 1 spiro atoms. The van der Waals surface area contributed by atoms with E-state index in [9.17, 15) is 24.0 Å². The summed E-state index contributed by atoms with van der Waals surface area (Å²) in [5.74, 6) is 0.227. The molecule has 3 aromatic rings. The van der Waals surface area contributed by atoms with E-state index in [0.29, 0.717) is 52.5 Å². The molecule has 11 nitrogen and oxygen atoms in total. The molecule has 4 heterocycles. The molecule has 0 atom stereocenters. The minimum atomic E-state index is -1.22. The second-order valence-corrected chi connectivity index (χ2v) is 9.60. The molecule has 208 valence electrons. The monoisotopic (exact) mass is 558 g/mol. The van der Waals surface area contributed by atoms with E-state index in [1.807, 2.05) is 24.3 Å². The Morgan fingerprint density at radius 3 is 1.95 bits per heavy atom. The maximum atomic E-state index is 13.0. The molecule has 0 unspecified atom stereocenters. The summed E-state index contributed by atoms with van der Waals surface area (Å²) in [6.07, 6.45) is 1.62. The van der Waals surface area contributed by atoms with Crippen molar-refractivity contribution in [1.29, 1.82) is 0 Å². The molecular formula is C30H22O11. The first-order valence-corrected chi connectivity index (χ1v) is 12.8. The smallest absolute Gasteiger partial charge is 0.340 e. The van der Waals surface area contributed by atoms with Crippen molar-refractivity contribution in [2.45, 2.75) is 38.2 Å². The third kappa shape index (κ3) is 4.45. The number of esters is 4. The molecule has 0 amide bonds. The lowest BCUT2D eigenvalue weighted by Crippen LogP contribution is -2.34. The van der Waals surface area contributed by atoms with E-state index in [1.54, 1.807) is 24.3 Å². The maximum absolute atomic E-state index is 13.0. The lowest BCUT2D eigenvalue weighted by molar-refractivity contribution is -0.157. The highest BCUT2D eigenvalue weighted by atomic mass is 16.7. The fraction of sp³-hybridized carbons (Fsp3) is 0.233. The minimum absolute atomic E-state index is 0.211. The molecule has 4 aliphatic heterocycles. The van der Waals surface area contributed by atoms with Crippen LogP contribution in [0.3, 0.4) is 0 Å². The van der Waals surface area contributed by atoms with E-state index >= 15 is 0 Å². The number of fused-ring (bicyclic) bond motifs is 8. The van der Waals surface area contributed by atoms with Gasteiger partial charge < -0.3 is 28.4 Å². The standard InChI is InChI=1S/C26H16O7.C4H6O4/c27-23-7-5-13-9-17-21(11-19(13)31-23)30-22-12-20-14(6-8-24(28)32-20)10-18(22)26(17)16-4-2-1-3-15(16)25(29)33-26;1-4(6)8-3-7-2-5/h1-4,9-12H,5-8H2;2H,3H2,1H3. The zero-order valence-corrected chi connectivity index (χ0v) is 21.7. The van der Waals surface area contributed by atoms with Crippen LogP contribution in [0.5, 0.6) is 23.0 Å². The zero-order valence-electron chi connectivity index (χ0n) is 21.7. The summed E-state index contributed by atoms with van der Waals surface area (Å²) in [7, 11) is 0. The van der Waals surface area contributed by atoms with Crippen LogP contribution in [0.25, 0.3) is 0 Å². The number of rotatable bonds is 3. The Labute approximate surface area is 232 Å². The van der Waals surface area contributed by atoms with Gasteiger partial charge in [-0.3, -0.25) is 19.2 Å². The van der Waals surface area contributed by atoms with Crippen molar-refractivity contribution < 1.29 is 52.4 Å². The summed E-state index contributed by atoms with van der Waals surface area (Å²) in [6.45, 7) is 1.15. The number of hydrogen-bond acceptors (Lipinski definition) is 11. The molecule has 0 bridgehead atoms. The summed E-state index contributed by atoms with van der Waals surface area (Å²) in [6, 6.07) is 14.5. The van der Waals surface area contributed by atoms with Crippen molar-refractivity contribution in [3.63, 3.8) is 0 Å². The molecule has 0 fully saturated rings. The van der Waals surface area contributed by atoms with Gasteiger partial charge in [0.05, 0.1) is 18.4 Å². The highest BCUT2D eigenvalue weighted by molar-refractivity contribution is 5.97. The van der Waals surface area contributed by atoms with Crippen LogP contribution in [0.2, 0.25) is 0 Å². The van der Waals surface area contributed by atoms with Gasteiger partial charge in [0.15, 0.2) is 5.60 Å². The summed E-state index contributed by atoms with van der Waals surface area (Å²) in [5.41, 5.74) is 3.06. The third-order valence-corrected chi connectivity index (χ3v) is 7.12. The van der Waals surface area contributed by atoms with Crippen molar-refractivity contribution in [1.82, 2.24) is 0 Å². The molecule has 0 saturated heterocycles. The van der Waals surface area contributed by atoms with Gasteiger partial charge in [-0.2, -0.15) is 0 Å². The fourth-order valence-electron chi connectivity index (χ4n) is 5.36. The van der Waals surface area contributed by atoms with Crippen molar-refractivity contribution in [2.24, 2.45) is 0 Å². The lowest BCUT2D eigenvalue weighted by Gasteiger charge is -2.38. The Morgan fingerprint density at radius 1 is 0.805 bits per heavy atom. The van der Waals surface area contributed by atoms with Gasteiger partial charge >= 0.3 is 23.9 Å². The Hall–Kier alpha value is -5.19. The van der Waals surface area contributed by atoms with Gasteiger partial charge in [0.1, 0.15) is 23.0 Å². The summed E-state index contributed by atoms with van der Waals surface area (Å²) in [5, 5.41) is 0. The normalized spacial score (nSPS) is 16.5. The number of carbonyl (C=O) groups excluding carboxylic acids is 5. The van der Waals surface area contributed by atoms with Gasteiger partial charge in [-0.25, -0.2) is 4.79 Å². The van der Waals surface area contributed by atoms with Crippen LogP contribution in [0.4, 0.5) is 0 Å². The van der Waals surface area contributed by atoms with Crippen LogP contribution < -0.4 is 14.2 Å². The molecule has 0 N–H and O–H groups in total. The second kappa shape index (κ2) is 10.1. The molecule has 41 heavy (non-hydrogen) atoms. The first kappa shape index (κ1) is 26.1. The van der Waals surface area contributed by atoms with Gasteiger partial charge in [-0.15, -0.1) is 0 Å². The van der Waals surface area contributed by atoms with Crippen LogP contribution in [-0.4, -0.2) is 37.1 Å². The second-order valence-electron chi connectivity index (χ2n) is 9.60. The van der Waals surface area contributed by atoms with E-state index in [2.05, 4.69) is 9.47 Å². The van der Waals surface area contributed by atoms with Crippen LogP contribution in [-0.2, 0) is 51.8 Å². The van der Waals surface area contributed by atoms with Crippen molar-refractivity contribution in [3.8, 4) is 23.0 Å². The molecule has 0 radical (unpaired) electrons. The molecule has 0 saturated carbocycles. The van der Waals surface area contributed by atoms with E-state index in [1.165, 1.54) is 6.92 Å². The largest absolute Gasteiger partial charge is 0.456 e. The predicted octanol–water partition coefficient (Wildman–Crippen LogP) is 3.64. The molecule has 7 rings (SSSR count). The predicted molar refractivity (Wildman–Crippen MR) is 136 cm³/mol. The maximum Gasteiger partial charge on any atom is 0.340 e. The number of carbonyl (C=O) groups is 5. The number of benzene rings is 3. The Kier molecular flexibility index (Phi) is 6.41. The SMILES string of the molecule is CC(=O)OCOC=O.O=C1CCc2cc3c(cc2O1)Oc1cc2c(cc1C31OC(=O)c3ccccc31)CCC(=O)O2. The van der Waals surface area contributed by atoms with Crippen molar-refractivity contribution >= 4 is 30.3 Å². The highest BCUT2D eigenvalue weighted by Crippen LogP contribution is 2.58. The van der Waals surface area contributed by atoms with Crippen molar-refractivity contribution in [3.05, 3.63) is 81.9 Å². The molecule has 4 aliphatic rings. The molecule has 0 aliphatic carbocycles. The minimum Gasteiger partial charge on any atom is -0.456 e. The highest BCUT2D eigenvalue weighted by Gasteiger charge is 2.54.